The average molecular weight is 182 g/mol. The first kappa shape index (κ1) is 7.55. The highest BCUT2D eigenvalue weighted by molar-refractivity contribution is 6.30. The first-order valence-electron chi connectivity index (χ1n) is 3.63. The summed E-state index contributed by atoms with van der Waals surface area (Å²) >= 11 is 5.79. The van der Waals surface area contributed by atoms with Gasteiger partial charge in [-0.2, -0.15) is 5.10 Å². The molecule has 2 heterocycles. The average Bonchev–Trinajstić information content (AvgIpc) is 2.31. The van der Waals surface area contributed by atoms with Crippen LogP contribution in [-0.2, 0) is 7.05 Å². The van der Waals surface area contributed by atoms with Crippen molar-refractivity contribution in [3.05, 3.63) is 23.1 Å². The minimum Gasteiger partial charge on any atom is -0.266 e. The fourth-order valence-corrected chi connectivity index (χ4v) is 1.62. The predicted octanol–water partition coefficient (Wildman–Crippen LogP) is 1.93. The highest BCUT2D eigenvalue weighted by atomic mass is 35.5. The second-order valence-electron chi connectivity index (χ2n) is 2.74. The minimum atomic E-state index is 0.521. The monoisotopic (exact) mass is 181 g/mol. The maximum atomic E-state index is 5.79. The van der Waals surface area contributed by atoms with Gasteiger partial charge in [-0.05, 0) is 13.0 Å². The molecule has 4 heteroatoms. The van der Waals surface area contributed by atoms with Crippen molar-refractivity contribution in [1.82, 2.24) is 14.8 Å². The van der Waals surface area contributed by atoms with Crippen LogP contribution in [0.4, 0.5) is 0 Å². The summed E-state index contributed by atoms with van der Waals surface area (Å²) in [6.45, 7) is 1.93. The van der Waals surface area contributed by atoms with E-state index in [0.29, 0.717) is 5.15 Å². The number of fused-ring (bicyclic) bond motifs is 1. The summed E-state index contributed by atoms with van der Waals surface area (Å²) in [4.78, 5) is 4.14. The fourth-order valence-electron chi connectivity index (χ4n) is 1.38. The zero-order valence-corrected chi connectivity index (χ0v) is 7.63. The van der Waals surface area contributed by atoms with Gasteiger partial charge in [-0.15, -0.1) is 0 Å². The molecule has 0 N–H and O–H groups in total. The molecule has 0 amide bonds. The van der Waals surface area contributed by atoms with Crippen LogP contribution in [0.15, 0.2) is 12.3 Å². The Labute approximate surface area is 75.0 Å². The molecular formula is C8H8ClN3. The number of aromatic nitrogens is 3. The molecule has 2 rings (SSSR count). The number of aryl methyl sites for hydroxylation is 2. The van der Waals surface area contributed by atoms with Crippen LogP contribution in [0, 0.1) is 6.92 Å². The molecule has 0 fully saturated rings. The van der Waals surface area contributed by atoms with Crippen molar-refractivity contribution in [2.75, 3.05) is 0 Å². The Morgan fingerprint density at radius 1 is 1.50 bits per heavy atom. The molecule has 2 aromatic heterocycles. The standard InChI is InChI=1S/C8H8ClN3/c1-5-8-6(3-7(9)11-5)4-10-12(8)2/h3-4H,1-2H3. The van der Waals surface area contributed by atoms with Gasteiger partial charge in [0, 0.05) is 12.4 Å². The quantitative estimate of drug-likeness (QED) is 0.582. The lowest BCUT2D eigenvalue weighted by Gasteiger charge is -1.98. The Morgan fingerprint density at radius 2 is 2.25 bits per heavy atom. The van der Waals surface area contributed by atoms with Gasteiger partial charge in [-0.25, -0.2) is 4.98 Å². The summed E-state index contributed by atoms with van der Waals surface area (Å²) in [6.07, 6.45) is 1.79. The van der Waals surface area contributed by atoms with Crippen molar-refractivity contribution in [3.8, 4) is 0 Å². The lowest BCUT2D eigenvalue weighted by atomic mass is 10.3. The topological polar surface area (TPSA) is 30.7 Å². The number of hydrogen-bond acceptors (Lipinski definition) is 2. The Bertz CT molecular complexity index is 433. The normalized spacial score (nSPS) is 10.9. The van der Waals surface area contributed by atoms with Crippen LogP contribution in [0.5, 0.6) is 0 Å². The van der Waals surface area contributed by atoms with E-state index in [2.05, 4.69) is 10.1 Å². The van der Waals surface area contributed by atoms with E-state index in [1.165, 1.54) is 0 Å². The number of halogens is 1. The van der Waals surface area contributed by atoms with Gasteiger partial charge in [0.25, 0.3) is 0 Å². The smallest absolute Gasteiger partial charge is 0.130 e. The third-order valence-corrected chi connectivity index (χ3v) is 2.05. The third-order valence-electron chi connectivity index (χ3n) is 1.86. The molecule has 0 saturated carbocycles. The number of nitrogens with zero attached hydrogens (tertiary/aromatic N) is 3. The molecule has 0 unspecified atom stereocenters. The van der Waals surface area contributed by atoms with Crippen LogP contribution in [0.3, 0.4) is 0 Å². The zero-order chi connectivity index (χ0) is 8.72. The van der Waals surface area contributed by atoms with Crippen molar-refractivity contribution in [1.29, 1.82) is 0 Å². The van der Waals surface area contributed by atoms with E-state index in [-0.39, 0.29) is 0 Å². The summed E-state index contributed by atoms with van der Waals surface area (Å²) in [6, 6.07) is 1.82. The van der Waals surface area contributed by atoms with Crippen LogP contribution in [0.2, 0.25) is 5.15 Å². The van der Waals surface area contributed by atoms with Gasteiger partial charge in [0.05, 0.1) is 17.4 Å². The number of rotatable bonds is 0. The van der Waals surface area contributed by atoms with Crippen LogP contribution < -0.4 is 0 Å². The van der Waals surface area contributed by atoms with Crippen molar-refractivity contribution in [3.63, 3.8) is 0 Å². The molecule has 0 aliphatic heterocycles. The Balaban J connectivity index is 2.93. The molecule has 0 aliphatic rings. The van der Waals surface area contributed by atoms with E-state index < -0.39 is 0 Å². The van der Waals surface area contributed by atoms with E-state index in [0.717, 1.165) is 16.6 Å². The summed E-state index contributed by atoms with van der Waals surface area (Å²) in [5.74, 6) is 0. The van der Waals surface area contributed by atoms with E-state index in [9.17, 15) is 0 Å². The molecule has 0 aliphatic carbocycles. The van der Waals surface area contributed by atoms with Crippen molar-refractivity contribution in [2.24, 2.45) is 7.05 Å². The highest BCUT2D eigenvalue weighted by Gasteiger charge is 2.04. The maximum absolute atomic E-state index is 5.79. The molecule has 0 aromatic carbocycles. The van der Waals surface area contributed by atoms with Crippen molar-refractivity contribution in [2.45, 2.75) is 6.92 Å². The Morgan fingerprint density at radius 3 is 3.00 bits per heavy atom. The van der Waals surface area contributed by atoms with Gasteiger partial charge >= 0.3 is 0 Å². The van der Waals surface area contributed by atoms with E-state index >= 15 is 0 Å². The minimum absolute atomic E-state index is 0.521. The molecule has 0 bridgehead atoms. The van der Waals surface area contributed by atoms with E-state index in [4.69, 9.17) is 11.6 Å². The lowest BCUT2D eigenvalue weighted by Crippen LogP contribution is -1.93. The number of pyridine rings is 1. The Hall–Kier alpha value is -1.09. The van der Waals surface area contributed by atoms with Crippen LogP contribution in [0.1, 0.15) is 5.69 Å². The van der Waals surface area contributed by atoms with E-state index in [1.54, 1.807) is 10.9 Å². The van der Waals surface area contributed by atoms with Gasteiger partial charge in [0.15, 0.2) is 0 Å². The van der Waals surface area contributed by atoms with Gasteiger partial charge < -0.3 is 0 Å². The van der Waals surface area contributed by atoms with Crippen LogP contribution in [-0.4, -0.2) is 14.8 Å². The Kier molecular flexibility index (Phi) is 1.54. The lowest BCUT2D eigenvalue weighted by molar-refractivity contribution is 0.792. The zero-order valence-electron chi connectivity index (χ0n) is 6.87. The third kappa shape index (κ3) is 0.975. The summed E-state index contributed by atoms with van der Waals surface area (Å²) in [5.41, 5.74) is 1.96. The van der Waals surface area contributed by atoms with Crippen LogP contribution in [0.25, 0.3) is 10.9 Å². The predicted molar refractivity (Wildman–Crippen MR) is 48.3 cm³/mol. The molecule has 62 valence electrons. The van der Waals surface area contributed by atoms with Crippen molar-refractivity contribution >= 4 is 22.5 Å². The highest BCUT2D eigenvalue weighted by Crippen LogP contribution is 2.19. The van der Waals surface area contributed by atoms with Gasteiger partial charge in [0.2, 0.25) is 0 Å². The largest absolute Gasteiger partial charge is 0.266 e. The summed E-state index contributed by atoms with van der Waals surface area (Å²) < 4.78 is 1.80. The maximum Gasteiger partial charge on any atom is 0.130 e. The van der Waals surface area contributed by atoms with Gasteiger partial charge in [0.1, 0.15) is 5.15 Å². The summed E-state index contributed by atoms with van der Waals surface area (Å²) in [7, 11) is 1.89. The molecule has 2 aromatic rings. The molecule has 0 atom stereocenters. The first-order valence-corrected chi connectivity index (χ1v) is 4.01. The van der Waals surface area contributed by atoms with Gasteiger partial charge in [-0.1, -0.05) is 11.6 Å². The van der Waals surface area contributed by atoms with Crippen LogP contribution >= 0.6 is 11.6 Å². The first-order chi connectivity index (χ1) is 5.68. The fraction of sp³-hybridized carbons (Fsp3) is 0.250. The second kappa shape index (κ2) is 2.45. The SMILES string of the molecule is Cc1nc(Cl)cc2cnn(C)c12. The molecule has 12 heavy (non-hydrogen) atoms. The number of hydrogen-bond donors (Lipinski definition) is 0. The van der Waals surface area contributed by atoms with Gasteiger partial charge in [-0.3, -0.25) is 4.68 Å². The van der Waals surface area contributed by atoms with Crippen molar-refractivity contribution < 1.29 is 0 Å². The summed E-state index contributed by atoms with van der Waals surface area (Å²) in [5, 5.41) is 5.67. The molecular weight excluding hydrogens is 174 g/mol. The molecule has 0 saturated heterocycles. The van der Waals surface area contributed by atoms with E-state index in [1.807, 2.05) is 20.0 Å². The molecule has 3 nitrogen and oxygen atoms in total. The molecule has 0 radical (unpaired) electrons. The second-order valence-corrected chi connectivity index (χ2v) is 3.12. The molecule has 0 spiro atoms.